The zero-order valence-electron chi connectivity index (χ0n) is 15.1. The minimum Gasteiger partial charge on any atom is -0.494 e. The Morgan fingerprint density at radius 3 is 2.33 bits per heavy atom. The molecule has 0 aliphatic carbocycles. The number of hydrogen-bond acceptors (Lipinski definition) is 3. The maximum absolute atomic E-state index is 12.3. The molecule has 0 saturated heterocycles. The van der Waals surface area contributed by atoms with Gasteiger partial charge >= 0.3 is 0 Å². The molecule has 1 amide bonds. The zero-order valence-corrected chi connectivity index (χ0v) is 15.1. The molecule has 0 aliphatic rings. The zero-order chi connectivity index (χ0) is 18.9. The van der Waals surface area contributed by atoms with Crippen molar-refractivity contribution in [1.29, 1.82) is 0 Å². The molecule has 27 heavy (non-hydrogen) atoms. The third kappa shape index (κ3) is 5.47. The molecule has 0 unspecified atom stereocenters. The molecule has 0 fully saturated rings. The van der Waals surface area contributed by atoms with Crippen molar-refractivity contribution in [2.45, 2.75) is 6.92 Å². The molecule has 4 heteroatoms. The molecule has 0 heterocycles. The number of para-hydroxylation sites is 3. The summed E-state index contributed by atoms with van der Waals surface area (Å²) in [5.74, 6) is 1.88. The van der Waals surface area contributed by atoms with Crippen molar-refractivity contribution in [1.82, 2.24) is 0 Å². The molecule has 0 radical (unpaired) electrons. The summed E-state index contributed by atoms with van der Waals surface area (Å²) in [6.07, 6.45) is 3.25. The van der Waals surface area contributed by atoms with E-state index < -0.39 is 0 Å². The Hall–Kier alpha value is -3.53. The monoisotopic (exact) mass is 359 g/mol. The Balaban J connectivity index is 1.65. The number of nitrogens with one attached hydrogen (secondary N) is 1. The fourth-order valence-electron chi connectivity index (χ4n) is 2.46. The number of hydrogen-bond donors (Lipinski definition) is 1. The molecule has 1 N–H and O–H groups in total. The van der Waals surface area contributed by atoms with E-state index in [1.165, 1.54) is 6.08 Å². The SMILES string of the molecule is CCOc1ccc(/C=C/C(=O)Nc2ccccc2Oc2ccccc2)cc1. The molecule has 4 nitrogen and oxygen atoms in total. The van der Waals surface area contributed by atoms with Gasteiger partial charge in [-0.3, -0.25) is 4.79 Å². The molecule has 3 rings (SSSR count). The van der Waals surface area contributed by atoms with Crippen molar-refractivity contribution in [2.75, 3.05) is 11.9 Å². The summed E-state index contributed by atoms with van der Waals surface area (Å²) < 4.78 is 11.3. The molecule has 0 bridgehead atoms. The van der Waals surface area contributed by atoms with Crippen molar-refractivity contribution >= 4 is 17.7 Å². The van der Waals surface area contributed by atoms with E-state index in [4.69, 9.17) is 9.47 Å². The number of amides is 1. The lowest BCUT2D eigenvalue weighted by Gasteiger charge is -2.11. The van der Waals surface area contributed by atoms with Crippen LogP contribution in [0.3, 0.4) is 0 Å². The highest BCUT2D eigenvalue weighted by atomic mass is 16.5. The van der Waals surface area contributed by atoms with Gasteiger partial charge in [-0.15, -0.1) is 0 Å². The van der Waals surface area contributed by atoms with Gasteiger partial charge in [0.15, 0.2) is 5.75 Å². The van der Waals surface area contributed by atoms with Gasteiger partial charge in [-0.25, -0.2) is 0 Å². The van der Waals surface area contributed by atoms with Crippen LogP contribution in [0.1, 0.15) is 12.5 Å². The van der Waals surface area contributed by atoms with E-state index >= 15 is 0 Å². The van der Waals surface area contributed by atoms with Gasteiger partial charge < -0.3 is 14.8 Å². The molecule has 0 aliphatic heterocycles. The number of carbonyl (C=O) groups is 1. The third-order valence-electron chi connectivity index (χ3n) is 3.73. The van der Waals surface area contributed by atoms with Gasteiger partial charge in [-0.05, 0) is 55.0 Å². The fourth-order valence-corrected chi connectivity index (χ4v) is 2.46. The Labute approximate surface area is 159 Å². The topological polar surface area (TPSA) is 47.6 Å². The van der Waals surface area contributed by atoms with Crippen LogP contribution in [0.25, 0.3) is 6.08 Å². The average molecular weight is 359 g/mol. The first-order valence-corrected chi connectivity index (χ1v) is 8.78. The van der Waals surface area contributed by atoms with E-state index in [1.807, 2.05) is 79.7 Å². The fraction of sp³-hybridized carbons (Fsp3) is 0.0870. The second-order valence-electron chi connectivity index (χ2n) is 5.74. The normalized spacial score (nSPS) is 10.6. The van der Waals surface area contributed by atoms with Crippen molar-refractivity contribution in [3.05, 3.63) is 90.5 Å². The molecule has 0 atom stereocenters. The quantitative estimate of drug-likeness (QED) is 0.564. The second kappa shape index (κ2) is 9.25. The summed E-state index contributed by atoms with van der Waals surface area (Å²) in [5, 5.41) is 2.86. The van der Waals surface area contributed by atoms with Gasteiger partial charge in [0.1, 0.15) is 11.5 Å². The van der Waals surface area contributed by atoms with E-state index in [1.54, 1.807) is 12.1 Å². The molecule has 0 aromatic heterocycles. The standard InChI is InChI=1S/C23H21NO3/c1-2-26-19-15-12-18(13-16-19)14-17-23(25)24-21-10-6-7-11-22(21)27-20-8-4-3-5-9-20/h3-17H,2H2,1H3,(H,24,25)/b17-14+. The summed E-state index contributed by atoms with van der Waals surface area (Å²) in [6.45, 7) is 2.57. The van der Waals surface area contributed by atoms with Gasteiger partial charge in [0.25, 0.3) is 0 Å². The van der Waals surface area contributed by atoms with Gasteiger partial charge in [0, 0.05) is 6.08 Å². The van der Waals surface area contributed by atoms with Crippen molar-refractivity contribution < 1.29 is 14.3 Å². The first-order valence-electron chi connectivity index (χ1n) is 8.78. The summed E-state index contributed by atoms with van der Waals surface area (Å²) in [7, 11) is 0. The molecule has 3 aromatic carbocycles. The number of rotatable bonds is 7. The lowest BCUT2D eigenvalue weighted by molar-refractivity contribution is -0.111. The highest BCUT2D eigenvalue weighted by Crippen LogP contribution is 2.29. The van der Waals surface area contributed by atoms with E-state index in [-0.39, 0.29) is 5.91 Å². The van der Waals surface area contributed by atoms with E-state index in [0.29, 0.717) is 23.8 Å². The van der Waals surface area contributed by atoms with Crippen molar-refractivity contribution in [3.8, 4) is 17.2 Å². The minimum atomic E-state index is -0.229. The van der Waals surface area contributed by atoms with Gasteiger partial charge in [-0.1, -0.05) is 42.5 Å². The van der Waals surface area contributed by atoms with E-state index in [0.717, 1.165) is 11.3 Å². The smallest absolute Gasteiger partial charge is 0.248 e. The van der Waals surface area contributed by atoms with Crippen LogP contribution in [-0.4, -0.2) is 12.5 Å². The highest BCUT2D eigenvalue weighted by Gasteiger charge is 2.06. The molecule has 0 saturated carbocycles. The van der Waals surface area contributed by atoms with E-state index in [9.17, 15) is 4.79 Å². The number of carbonyl (C=O) groups excluding carboxylic acids is 1. The maximum atomic E-state index is 12.3. The molecule has 0 spiro atoms. The lowest BCUT2D eigenvalue weighted by atomic mass is 10.2. The predicted molar refractivity (Wildman–Crippen MR) is 108 cm³/mol. The first kappa shape index (κ1) is 18.3. The van der Waals surface area contributed by atoms with Gasteiger partial charge in [-0.2, -0.15) is 0 Å². The largest absolute Gasteiger partial charge is 0.494 e. The molecular formula is C23H21NO3. The minimum absolute atomic E-state index is 0.229. The highest BCUT2D eigenvalue weighted by molar-refractivity contribution is 6.02. The van der Waals surface area contributed by atoms with E-state index in [2.05, 4.69) is 5.32 Å². The Kier molecular flexibility index (Phi) is 6.26. The van der Waals surface area contributed by atoms with Crippen LogP contribution in [0, 0.1) is 0 Å². The van der Waals surface area contributed by atoms with Gasteiger partial charge in [0.05, 0.1) is 12.3 Å². The van der Waals surface area contributed by atoms with Crippen LogP contribution < -0.4 is 14.8 Å². The number of benzene rings is 3. The maximum Gasteiger partial charge on any atom is 0.248 e. The Morgan fingerprint density at radius 2 is 1.59 bits per heavy atom. The van der Waals surface area contributed by atoms with Crippen LogP contribution in [0.15, 0.2) is 84.9 Å². The lowest BCUT2D eigenvalue weighted by Crippen LogP contribution is -2.08. The number of anilines is 1. The Bertz CT molecular complexity index is 902. The Morgan fingerprint density at radius 1 is 0.889 bits per heavy atom. The summed E-state index contributed by atoms with van der Waals surface area (Å²) in [6, 6.07) is 24.4. The first-order chi connectivity index (χ1) is 13.2. The predicted octanol–water partition coefficient (Wildman–Crippen LogP) is 5.53. The third-order valence-corrected chi connectivity index (χ3v) is 3.73. The average Bonchev–Trinajstić information content (AvgIpc) is 2.70. The summed E-state index contributed by atoms with van der Waals surface area (Å²) in [5.41, 5.74) is 1.53. The van der Waals surface area contributed by atoms with Crippen molar-refractivity contribution in [2.24, 2.45) is 0 Å². The van der Waals surface area contributed by atoms with Crippen LogP contribution >= 0.6 is 0 Å². The molecule has 136 valence electrons. The number of ether oxygens (including phenoxy) is 2. The second-order valence-corrected chi connectivity index (χ2v) is 5.74. The van der Waals surface area contributed by atoms with Crippen LogP contribution in [0.2, 0.25) is 0 Å². The van der Waals surface area contributed by atoms with Crippen molar-refractivity contribution in [3.63, 3.8) is 0 Å². The molecule has 3 aromatic rings. The summed E-state index contributed by atoms with van der Waals surface area (Å²) in [4.78, 5) is 12.3. The van der Waals surface area contributed by atoms with Crippen LogP contribution in [0.4, 0.5) is 5.69 Å². The van der Waals surface area contributed by atoms with Gasteiger partial charge in [0.2, 0.25) is 5.91 Å². The van der Waals surface area contributed by atoms with Crippen LogP contribution in [0.5, 0.6) is 17.2 Å². The summed E-state index contributed by atoms with van der Waals surface area (Å²) >= 11 is 0. The molecular weight excluding hydrogens is 338 g/mol. The van der Waals surface area contributed by atoms with Crippen LogP contribution in [-0.2, 0) is 4.79 Å².